The van der Waals surface area contributed by atoms with E-state index in [1.165, 1.54) is 0 Å². The average molecular weight is 348 g/mol. The number of hydrazone groups is 1. The highest BCUT2D eigenvalue weighted by atomic mass is 16.5. The molecule has 0 fully saturated rings. The number of rotatable bonds is 4. The fourth-order valence-electron chi connectivity index (χ4n) is 3.17. The smallest absolute Gasteiger partial charge is 0.258 e. The van der Waals surface area contributed by atoms with Gasteiger partial charge in [-0.25, -0.2) is 4.98 Å². The van der Waals surface area contributed by atoms with E-state index < -0.39 is 0 Å². The fourth-order valence-corrected chi connectivity index (χ4v) is 3.17. The highest BCUT2D eigenvalue weighted by Gasteiger charge is 2.22. The van der Waals surface area contributed by atoms with E-state index in [2.05, 4.69) is 27.4 Å². The summed E-state index contributed by atoms with van der Waals surface area (Å²) in [4.78, 5) is 19.9. The Labute approximate surface area is 150 Å². The molecule has 1 aliphatic rings. The van der Waals surface area contributed by atoms with Gasteiger partial charge in [-0.15, -0.1) is 0 Å². The summed E-state index contributed by atoms with van der Waals surface area (Å²) in [7, 11) is 0. The summed E-state index contributed by atoms with van der Waals surface area (Å²) in [6.07, 6.45) is 1.87. The van der Waals surface area contributed by atoms with Crippen LogP contribution >= 0.6 is 0 Å². The molecule has 132 valence electrons. The van der Waals surface area contributed by atoms with E-state index >= 15 is 0 Å². The Balaban J connectivity index is 1.62. The maximum absolute atomic E-state index is 12.5. The van der Waals surface area contributed by atoms with E-state index in [-0.39, 0.29) is 24.1 Å². The summed E-state index contributed by atoms with van der Waals surface area (Å²) in [6, 6.07) is 13.8. The van der Waals surface area contributed by atoms with Crippen molar-refractivity contribution in [1.29, 1.82) is 0 Å². The van der Waals surface area contributed by atoms with Crippen LogP contribution in [0.4, 0.5) is 0 Å². The van der Waals surface area contributed by atoms with E-state index in [9.17, 15) is 4.79 Å². The Morgan fingerprint density at radius 3 is 2.81 bits per heavy atom. The fraction of sp³-hybridized carbons (Fsp3) is 0.250. The van der Waals surface area contributed by atoms with E-state index in [1.54, 1.807) is 0 Å². The van der Waals surface area contributed by atoms with Gasteiger partial charge < -0.3 is 15.1 Å². The van der Waals surface area contributed by atoms with Gasteiger partial charge in [0.25, 0.3) is 5.56 Å². The van der Waals surface area contributed by atoms with E-state index in [1.807, 2.05) is 55.6 Å². The van der Waals surface area contributed by atoms with Crippen LogP contribution in [0.25, 0.3) is 10.9 Å². The molecule has 1 aliphatic heterocycles. The first kappa shape index (κ1) is 16.3. The van der Waals surface area contributed by atoms with Crippen LogP contribution in [0.3, 0.4) is 0 Å². The Kier molecular flexibility index (Phi) is 4.16. The minimum Gasteiger partial charge on any atom is -0.485 e. The number of benzene rings is 2. The number of fused-ring (bicyclic) bond motifs is 1. The lowest BCUT2D eigenvalue weighted by atomic mass is 9.94. The number of ether oxygens (including phenoxy) is 1. The summed E-state index contributed by atoms with van der Waals surface area (Å²) in [5.74, 6) is 1.45. The molecule has 6 heteroatoms. The van der Waals surface area contributed by atoms with Crippen molar-refractivity contribution < 1.29 is 4.74 Å². The Morgan fingerprint density at radius 1 is 1.19 bits per heavy atom. The number of nitrogens with zero attached hydrogens (tertiary/aromatic N) is 2. The van der Waals surface area contributed by atoms with Crippen molar-refractivity contribution in [2.75, 3.05) is 0 Å². The molecular formula is C20H20N4O2. The second-order valence-electron chi connectivity index (χ2n) is 6.57. The zero-order valence-electron chi connectivity index (χ0n) is 14.7. The molecule has 6 nitrogen and oxygen atoms in total. The highest BCUT2D eigenvalue weighted by molar-refractivity contribution is 5.81. The molecule has 0 saturated carbocycles. The third-order valence-electron chi connectivity index (χ3n) is 4.67. The van der Waals surface area contributed by atoms with E-state index in [4.69, 9.17) is 4.74 Å². The summed E-state index contributed by atoms with van der Waals surface area (Å²) >= 11 is 0. The second kappa shape index (κ2) is 6.63. The van der Waals surface area contributed by atoms with Gasteiger partial charge in [0, 0.05) is 12.1 Å². The Hall–Kier alpha value is -3.15. The molecule has 2 atom stereocenters. The minimum absolute atomic E-state index is 0.155. The predicted octanol–water partition coefficient (Wildman–Crippen LogP) is 2.87. The van der Waals surface area contributed by atoms with Crippen molar-refractivity contribution >= 4 is 17.1 Å². The molecule has 0 spiro atoms. The molecule has 2 heterocycles. The van der Waals surface area contributed by atoms with Gasteiger partial charge in [-0.2, -0.15) is 5.10 Å². The van der Waals surface area contributed by atoms with Gasteiger partial charge in [-0.3, -0.25) is 4.79 Å². The van der Waals surface area contributed by atoms with Gasteiger partial charge in [0.2, 0.25) is 0 Å². The maximum atomic E-state index is 12.5. The Bertz CT molecular complexity index is 1040. The van der Waals surface area contributed by atoms with Crippen molar-refractivity contribution in [2.24, 2.45) is 5.10 Å². The van der Waals surface area contributed by atoms with Crippen molar-refractivity contribution in [3.63, 3.8) is 0 Å². The standard InChI is InChI=1S/C20H20N4O2/c1-12-5-3-4-6-18(12)26-11-19-22-17-8-7-14(9-15(17)20(25)23-19)16-10-21-24-13(16)2/h3-10,13,16,24H,11H2,1-2H3,(H,22,23,25). The van der Waals surface area contributed by atoms with Gasteiger partial charge in [-0.1, -0.05) is 24.3 Å². The average Bonchev–Trinajstić information content (AvgIpc) is 3.07. The molecular weight excluding hydrogens is 328 g/mol. The first-order valence-corrected chi connectivity index (χ1v) is 8.62. The molecule has 0 amide bonds. The van der Waals surface area contributed by atoms with Crippen molar-refractivity contribution in [2.45, 2.75) is 32.4 Å². The van der Waals surface area contributed by atoms with Crippen molar-refractivity contribution in [1.82, 2.24) is 15.4 Å². The molecule has 0 aliphatic carbocycles. The van der Waals surface area contributed by atoms with Crippen molar-refractivity contribution in [3.8, 4) is 5.75 Å². The molecule has 1 aromatic heterocycles. The van der Waals surface area contributed by atoms with Crippen LogP contribution in [-0.4, -0.2) is 22.2 Å². The third kappa shape index (κ3) is 3.06. The number of hydrogen-bond acceptors (Lipinski definition) is 5. The van der Waals surface area contributed by atoms with Crippen molar-refractivity contribution in [3.05, 3.63) is 69.8 Å². The van der Waals surface area contributed by atoms with Crippen LogP contribution in [0.15, 0.2) is 52.4 Å². The topological polar surface area (TPSA) is 79.4 Å². The number of aromatic amines is 1. The van der Waals surface area contributed by atoms with Crippen LogP contribution in [0.1, 0.15) is 29.8 Å². The normalized spacial score (nSPS) is 18.8. The van der Waals surface area contributed by atoms with Crippen LogP contribution in [0, 0.1) is 6.92 Å². The Morgan fingerprint density at radius 2 is 2.04 bits per heavy atom. The number of H-pyrrole nitrogens is 1. The molecule has 0 saturated heterocycles. The van der Waals surface area contributed by atoms with Gasteiger partial charge in [0.05, 0.1) is 16.9 Å². The largest absolute Gasteiger partial charge is 0.485 e. The number of nitrogens with one attached hydrogen (secondary N) is 2. The first-order valence-electron chi connectivity index (χ1n) is 8.62. The monoisotopic (exact) mass is 348 g/mol. The molecule has 0 radical (unpaired) electrons. The summed E-state index contributed by atoms with van der Waals surface area (Å²) < 4.78 is 5.79. The van der Waals surface area contributed by atoms with Gasteiger partial charge in [0.15, 0.2) is 0 Å². The molecule has 4 rings (SSSR count). The quantitative estimate of drug-likeness (QED) is 0.760. The predicted molar refractivity (Wildman–Crippen MR) is 102 cm³/mol. The van der Waals surface area contributed by atoms with Gasteiger partial charge in [0.1, 0.15) is 18.2 Å². The molecule has 2 N–H and O–H groups in total. The highest BCUT2D eigenvalue weighted by Crippen LogP contribution is 2.23. The molecule has 2 unspecified atom stereocenters. The third-order valence-corrected chi connectivity index (χ3v) is 4.67. The van der Waals surface area contributed by atoms with Gasteiger partial charge in [-0.05, 0) is 43.2 Å². The molecule has 26 heavy (non-hydrogen) atoms. The lowest BCUT2D eigenvalue weighted by Gasteiger charge is -2.14. The number of para-hydroxylation sites is 1. The minimum atomic E-state index is -0.157. The van der Waals surface area contributed by atoms with E-state index in [0.717, 1.165) is 16.9 Å². The van der Waals surface area contributed by atoms with Gasteiger partial charge >= 0.3 is 0 Å². The summed E-state index contributed by atoms with van der Waals surface area (Å²) in [5.41, 5.74) is 5.63. The maximum Gasteiger partial charge on any atom is 0.258 e. The zero-order valence-corrected chi connectivity index (χ0v) is 14.7. The summed E-state index contributed by atoms with van der Waals surface area (Å²) in [6.45, 7) is 4.26. The molecule has 2 aromatic carbocycles. The second-order valence-corrected chi connectivity index (χ2v) is 6.57. The van der Waals surface area contributed by atoms with Crippen LogP contribution in [0.2, 0.25) is 0 Å². The SMILES string of the molecule is Cc1ccccc1OCc1nc2ccc(C3C=NNC3C)cc2c(=O)[nH]1. The van der Waals surface area contributed by atoms with Crippen LogP contribution in [0.5, 0.6) is 5.75 Å². The molecule has 0 bridgehead atoms. The molecule has 3 aromatic rings. The number of aryl methyl sites for hydroxylation is 1. The van der Waals surface area contributed by atoms with Crippen LogP contribution < -0.4 is 15.7 Å². The zero-order chi connectivity index (χ0) is 18.1. The number of aromatic nitrogens is 2. The lowest BCUT2D eigenvalue weighted by molar-refractivity contribution is 0.294. The number of hydrogen-bond donors (Lipinski definition) is 2. The first-order chi connectivity index (χ1) is 12.6. The summed E-state index contributed by atoms with van der Waals surface area (Å²) in [5, 5.41) is 4.68. The lowest BCUT2D eigenvalue weighted by Crippen LogP contribution is -2.22. The van der Waals surface area contributed by atoms with Crippen LogP contribution in [-0.2, 0) is 6.61 Å². The van der Waals surface area contributed by atoms with E-state index in [0.29, 0.717) is 16.7 Å².